The Labute approximate surface area is 205 Å². The third kappa shape index (κ3) is 5.15. The Kier molecular flexibility index (Phi) is 7.47. The van der Waals surface area contributed by atoms with Gasteiger partial charge in [0.25, 0.3) is 5.56 Å². The Hall–Kier alpha value is -3.23. The van der Waals surface area contributed by atoms with Gasteiger partial charge in [0.2, 0.25) is 5.95 Å². The van der Waals surface area contributed by atoms with E-state index in [-0.39, 0.29) is 30.7 Å². The number of hydrogen-bond donors (Lipinski definition) is 3. The van der Waals surface area contributed by atoms with E-state index in [0.29, 0.717) is 17.9 Å². The number of alkyl halides is 1. The lowest BCUT2D eigenvalue weighted by atomic mass is 10.0. The molecule has 14 heteroatoms. The molecule has 0 aliphatic carbocycles. The standard InChI is InChI=1S/C22H26F3N7O3S/c1-26-7-3-8-27-22-28-11-13-10-15(21(33)31(2)20(13)29-22)18-16(24)4-5-17(19(18)25)30-36(34,35)32-9-6-14(23)12-32/h4-5,10-11,14,26,30H,3,6-9,12H2,1-2H3,(H,27,28,29). The Balaban J connectivity index is 1.71. The number of nitrogens with zero attached hydrogens (tertiary/aromatic N) is 4. The topological polar surface area (TPSA) is 121 Å². The van der Waals surface area contributed by atoms with Crippen molar-refractivity contribution in [2.45, 2.75) is 19.0 Å². The lowest BCUT2D eigenvalue weighted by molar-refractivity contribution is 0.343. The molecule has 3 heterocycles. The summed E-state index contributed by atoms with van der Waals surface area (Å²) in [5, 5.41) is 6.42. The van der Waals surface area contributed by atoms with E-state index >= 15 is 4.39 Å². The van der Waals surface area contributed by atoms with Crippen LogP contribution in [0, 0.1) is 11.6 Å². The van der Waals surface area contributed by atoms with Crippen LogP contribution in [0.5, 0.6) is 0 Å². The molecule has 1 aliphatic heterocycles. The number of hydrogen-bond acceptors (Lipinski definition) is 7. The predicted molar refractivity (Wildman–Crippen MR) is 131 cm³/mol. The van der Waals surface area contributed by atoms with E-state index in [1.165, 1.54) is 19.3 Å². The summed E-state index contributed by atoms with van der Waals surface area (Å²) in [7, 11) is -1.03. The van der Waals surface area contributed by atoms with Crippen molar-refractivity contribution in [2.24, 2.45) is 7.05 Å². The molecule has 2 aromatic heterocycles. The lowest BCUT2D eigenvalue weighted by Crippen LogP contribution is -2.34. The van der Waals surface area contributed by atoms with E-state index in [1.807, 2.05) is 11.8 Å². The van der Waals surface area contributed by atoms with Crippen LogP contribution in [0.2, 0.25) is 0 Å². The van der Waals surface area contributed by atoms with Crippen molar-refractivity contribution in [2.75, 3.05) is 43.3 Å². The molecular formula is C22H26F3N7O3S. The van der Waals surface area contributed by atoms with Crippen LogP contribution in [0.25, 0.3) is 22.2 Å². The smallest absolute Gasteiger partial charge is 0.301 e. The highest BCUT2D eigenvalue weighted by molar-refractivity contribution is 7.90. The van der Waals surface area contributed by atoms with Gasteiger partial charge in [-0.25, -0.2) is 18.2 Å². The Morgan fingerprint density at radius 1 is 1.22 bits per heavy atom. The van der Waals surface area contributed by atoms with E-state index < -0.39 is 44.8 Å². The zero-order chi connectivity index (χ0) is 26.0. The molecule has 1 aliphatic rings. The van der Waals surface area contributed by atoms with E-state index in [0.717, 1.165) is 34.0 Å². The number of fused-ring (bicyclic) bond motifs is 1. The molecule has 0 amide bonds. The van der Waals surface area contributed by atoms with Crippen molar-refractivity contribution in [1.82, 2.24) is 24.2 Å². The first kappa shape index (κ1) is 25.9. The van der Waals surface area contributed by atoms with Gasteiger partial charge in [-0.3, -0.25) is 14.1 Å². The molecule has 0 spiro atoms. The second kappa shape index (κ2) is 10.4. The van der Waals surface area contributed by atoms with Gasteiger partial charge in [-0.15, -0.1) is 0 Å². The number of pyridine rings is 1. The van der Waals surface area contributed by atoms with Crippen LogP contribution >= 0.6 is 0 Å². The maximum absolute atomic E-state index is 15.4. The molecule has 3 N–H and O–H groups in total. The summed E-state index contributed by atoms with van der Waals surface area (Å²) >= 11 is 0. The highest BCUT2D eigenvalue weighted by Crippen LogP contribution is 2.31. The first-order chi connectivity index (χ1) is 17.1. The number of nitrogens with one attached hydrogen (secondary N) is 3. The van der Waals surface area contributed by atoms with Crippen LogP contribution in [-0.2, 0) is 17.3 Å². The van der Waals surface area contributed by atoms with Crippen molar-refractivity contribution in [3.05, 3.63) is 46.4 Å². The zero-order valence-corrected chi connectivity index (χ0v) is 20.5. The number of benzene rings is 1. The monoisotopic (exact) mass is 525 g/mol. The summed E-state index contributed by atoms with van der Waals surface area (Å²) in [6.07, 6.45) is 0.956. The zero-order valence-electron chi connectivity index (χ0n) is 19.7. The minimum atomic E-state index is -4.28. The van der Waals surface area contributed by atoms with Crippen LogP contribution in [0.4, 0.5) is 24.8 Å². The van der Waals surface area contributed by atoms with Gasteiger partial charge < -0.3 is 10.6 Å². The maximum atomic E-state index is 15.4. The number of anilines is 2. The van der Waals surface area contributed by atoms with Crippen molar-refractivity contribution in [3.8, 4) is 11.1 Å². The molecule has 10 nitrogen and oxygen atoms in total. The summed E-state index contributed by atoms with van der Waals surface area (Å²) in [5.74, 6) is -2.03. The molecule has 36 heavy (non-hydrogen) atoms. The Morgan fingerprint density at radius 2 is 2.00 bits per heavy atom. The number of aromatic nitrogens is 3. The lowest BCUT2D eigenvalue weighted by Gasteiger charge is -2.18. The van der Waals surface area contributed by atoms with Crippen molar-refractivity contribution < 1.29 is 21.6 Å². The largest absolute Gasteiger partial charge is 0.354 e. The van der Waals surface area contributed by atoms with Crippen LogP contribution in [0.3, 0.4) is 0 Å². The van der Waals surface area contributed by atoms with Crippen LogP contribution in [0.15, 0.2) is 29.2 Å². The van der Waals surface area contributed by atoms with E-state index in [4.69, 9.17) is 0 Å². The second-order valence-corrected chi connectivity index (χ2v) is 10.1. The summed E-state index contributed by atoms with van der Waals surface area (Å²) in [6.45, 7) is 0.969. The molecule has 4 rings (SSSR count). The summed E-state index contributed by atoms with van der Waals surface area (Å²) in [4.78, 5) is 21.6. The van der Waals surface area contributed by atoms with Gasteiger partial charge in [0.1, 0.15) is 17.6 Å². The van der Waals surface area contributed by atoms with Crippen LogP contribution < -0.4 is 20.9 Å². The molecule has 1 fully saturated rings. The molecule has 3 aromatic rings. The fourth-order valence-electron chi connectivity index (χ4n) is 3.96. The highest BCUT2D eigenvalue weighted by Gasteiger charge is 2.32. The van der Waals surface area contributed by atoms with Gasteiger partial charge in [0.05, 0.1) is 16.8 Å². The molecule has 1 aromatic carbocycles. The molecule has 1 unspecified atom stereocenters. The predicted octanol–water partition coefficient (Wildman–Crippen LogP) is 2.00. The minimum Gasteiger partial charge on any atom is -0.354 e. The quantitative estimate of drug-likeness (QED) is 0.366. The first-order valence-corrected chi connectivity index (χ1v) is 12.7. The Bertz CT molecular complexity index is 1450. The van der Waals surface area contributed by atoms with Gasteiger partial charge in [-0.05, 0) is 44.6 Å². The average Bonchev–Trinajstić information content (AvgIpc) is 3.29. The van der Waals surface area contributed by atoms with Gasteiger partial charge in [0.15, 0.2) is 5.82 Å². The van der Waals surface area contributed by atoms with Crippen molar-refractivity contribution >= 4 is 32.9 Å². The fourth-order valence-corrected chi connectivity index (χ4v) is 5.23. The van der Waals surface area contributed by atoms with Crippen LogP contribution in [-0.4, -0.2) is 66.7 Å². The second-order valence-electron chi connectivity index (χ2n) is 8.41. The number of rotatable bonds is 9. The summed E-state index contributed by atoms with van der Waals surface area (Å²) in [5.41, 5.74) is -2.07. The van der Waals surface area contributed by atoms with E-state index in [2.05, 4.69) is 20.6 Å². The van der Waals surface area contributed by atoms with Gasteiger partial charge in [-0.1, -0.05) is 0 Å². The van der Waals surface area contributed by atoms with Crippen LogP contribution in [0.1, 0.15) is 12.8 Å². The molecule has 0 saturated carbocycles. The Morgan fingerprint density at radius 3 is 2.69 bits per heavy atom. The summed E-state index contributed by atoms with van der Waals surface area (Å²) in [6, 6.07) is 3.03. The van der Waals surface area contributed by atoms with Gasteiger partial charge >= 0.3 is 10.2 Å². The van der Waals surface area contributed by atoms with E-state index in [9.17, 15) is 22.0 Å². The fraction of sp³-hybridized carbons (Fsp3) is 0.409. The third-order valence-corrected chi connectivity index (χ3v) is 7.36. The minimum absolute atomic E-state index is 0.0282. The summed E-state index contributed by atoms with van der Waals surface area (Å²) < 4.78 is 72.9. The molecule has 1 atom stereocenters. The van der Waals surface area contributed by atoms with Gasteiger partial charge in [0, 0.05) is 38.3 Å². The molecule has 0 bridgehead atoms. The van der Waals surface area contributed by atoms with Crippen molar-refractivity contribution in [3.63, 3.8) is 0 Å². The SMILES string of the molecule is CNCCCNc1ncc2cc(-c3c(F)ccc(NS(=O)(=O)N4CCC(F)C4)c3F)c(=O)n(C)c2n1. The van der Waals surface area contributed by atoms with Crippen molar-refractivity contribution in [1.29, 1.82) is 0 Å². The maximum Gasteiger partial charge on any atom is 0.301 e. The highest BCUT2D eigenvalue weighted by atomic mass is 32.2. The molecular weight excluding hydrogens is 499 g/mol. The normalized spacial score (nSPS) is 16.5. The first-order valence-electron chi connectivity index (χ1n) is 11.3. The molecule has 1 saturated heterocycles. The van der Waals surface area contributed by atoms with E-state index in [1.54, 1.807) is 0 Å². The number of aryl methyl sites for hydroxylation is 1. The number of halogens is 3. The molecule has 194 valence electrons. The molecule has 0 radical (unpaired) electrons. The van der Waals surface area contributed by atoms with Gasteiger partial charge in [-0.2, -0.15) is 17.7 Å². The average molecular weight is 526 g/mol. The third-order valence-electron chi connectivity index (χ3n) is 5.87.